The molecule has 2 aromatic carbocycles. The molecule has 1 saturated heterocycles. The molecule has 0 aliphatic carbocycles. The van der Waals surface area contributed by atoms with Crippen molar-refractivity contribution in [3.8, 4) is 23.1 Å². The fourth-order valence-corrected chi connectivity index (χ4v) is 5.87. The maximum absolute atomic E-state index is 12.9. The van der Waals surface area contributed by atoms with Gasteiger partial charge in [0.25, 0.3) is 0 Å². The number of nitrogens with one attached hydrogen (secondary N) is 2. The van der Waals surface area contributed by atoms with Gasteiger partial charge in [0, 0.05) is 24.2 Å². The third kappa shape index (κ3) is 7.35. The van der Waals surface area contributed by atoms with Gasteiger partial charge in [-0.05, 0) is 97.2 Å². The van der Waals surface area contributed by atoms with Crippen LogP contribution in [0, 0.1) is 11.8 Å². The van der Waals surface area contributed by atoms with E-state index in [-0.39, 0.29) is 24.3 Å². The lowest BCUT2D eigenvalue weighted by Gasteiger charge is -2.27. The highest BCUT2D eigenvalue weighted by molar-refractivity contribution is 5.77. The summed E-state index contributed by atoms with van der Waals surface area (Å²) < 4.78 is 11.3. The summed E-state index contributed by atoms with van der Waals surface area (Å²) in [7, 11) is 0. The number of aromatic nitrogens is 4. The first-order chi connectivity index (χ1) is 22.2. The minimum absolute atomic E-state index is 0.140. The first-order valence-corrected chi connectivity index (χ1v) is 16.1. The summed E-state index contributed by atoms with van der Waals surface area (Å²) in [6, 6.07) is 13.4. The predicted octanol–water partition coefficient (Wildman–Crippen LogP) is 7.66. The highest BCUT2D eigenvalue weighted by atomic mass is 16.6. The molecule has 47 heavy (non-hydrogen) atoms. The Kier molecular flexibility index (Phi) is 8.35. The van der Waals surface area contributed by atoms with Crippen LogP contribution in [0.25, 0.3) is 22.3 Å². The van der Waals surface area contributed by atoms with E-state index in [4.69, 9.17) is 14.5 Å². The molecule has 2 aliphatic heterocycles. The Hall–Kier alpha value is -5.04. The van der Waals surface area contributed by atoms with Gasteiger partial charge >= 0.3 is 12.2 Å². The molecule has 2 atom stereocenters. The lowest BCUT2D eigenvalue weighted by molar-refractivity contribution is 0.0213. The second-order valence-electron chi connectivity index (χ2n) is 14.3. The van der Waals surface area contributed by atoms with Crippen molar-refractivity contribution in [3.05, 3.63) is 83.1 Å². The number of amides is 2. The number of imidazole rings is 2. The van der Waals surface area contributed by atoms with Crippen LogP contribution in [0.4, 0.5) is 9.59 Å². The number of nitrogens with zero attached hydrogens (tertiary/aromatic N) is 4. The number of rotatable bonds is 3. The predicted molar refractivity (Wildman–Crippen MR) is 180 cm³/mol. The number of H-pyrrole nitrogens is 2. The second-order valence-corrected chi connectivity index (χ2v) is 14.3. The SMILES string of the molecule is CC1=CC(c2ncc(-c3ccc(C#Cc4ccc5nc([C@@H]6CCCN6C(=O)OC(C)(C)C)[nH]c5c4)cc3)[nH]2)N(C(=O)OC(C)(C)C)C1. The molecule has 1 unspecified atom stereocenters. The minimum atomic E-state index is -0.575. The Balaban J connectivity index is 1.14. The van der Waals surface area contributed by atoms with Crippen molar-refractivity contribution in [1.29, 1.82) is 0 Å². The van der Waals surface area contributed by atoms with Gasteiger partial charge in [0.15, 0.2) is 0 Å². The summed E-state index contributed by atoms with van der Waals surface area (Å²) in [4.78, 5) is 45.3. The zero-order chi connectivity index (χ0) is 33.5. The van der Waals surface area contributed by atoms with E-state index in [2.05, 4.69) is 26.8 Å². The molecule has 0 saturated carbocycles. The number of hydrogen-bond acceptors (Lipinski definition) is 6. The topological polar surface area (TPSA) is 116 Å². The number of aromatic amines is 2. The van der Waals surface area contributed by atoms with Crippen molar-refractivity contribution < 1.29 is 19.1 Å². The molecule has 2 aliphatic rings. The van der Waals surface area contributed by atoms with Crippen molar-refractivity contribution in [2.75, 3.05) is 13.1 Å². The van der Waals surface area contributed by atoms with E-state index in [0.29, 0.717) is 18.9 Å². The fourth-order valence-electron chi connectivity index (χ4n) is 5.87. The Morgan fingerprint density at radius 2 is 1.53 bits per heavy atom. The highest BCUT2D eigenvalue weighted by Gasteiger charge is 2.35. The number of fused-ring (bicyclic) bond motifs is 1. The summed E-state index contributed by atoms with van der Waals surface area (Å²) in [5.41, 5.74) is 5.25. The minimum Gasteiger partial charge on any atom is -0.444 e. The quantitative estimate of drug-likeness (QED) is 0.177. The average molecular weight is 635 g/mol. The van der Waals surface area contributed by atoms with Gasteiger partial charge in [-0.25, -0.2) is 19.6 Å². The van der Waals surface area contributed by atoms with Gasteiger partial charge in [0.2, 0.25) is 0 Å². The molecule has 6 rings (SSSR count). The smallest absolute Gasteiger partial charge is 0.411 e. The molecule has 1 fully saturated rings. The summed E-state index contributed by atoms with van der Waals surface area (Å²) in [5, 5.41) is 0. The Morgan fingerprint density at radius 3 is 2.23 bits per heavy atom. The molecular formula is C37H42N6O4. The molecule has 2 amide bonds. The van der Waals surface area contributed by atoms with Crippen molar-refractivity contribution in [3.63, 3.8) is 0 Å². The van der Waals surface area contributed by atoms with E-state index in [1.54, 1.807) is 16.0 Å². The molecule has 10 nitrogen and oxygen atoms in total. The lowest BCUT2D eigenvalue weighted by Crippen LogP contribution is -2.37. The van der Waals surface area contributed by atoms with E-state index in [9.17, 15) is 9.59 Å². The van der Waals surface area contributed by atoms with E-state index < -0.39 is 11.2 Å². The first-order valence-electron chi connectivity index (χ1n) is 16.1. The average Bonchev–Trinajstić information content (AvgIpc) is 3.79. The van der Waals surface area contributed by atoms with Gasteiger partial charge < -0.3 is 19.4 Å². The standard InChI is InChI=1S/C37H42N6O4/c1-23-19-31(43(22-23)35(45)47-37(5,6)7)32-38-21-29(41-32)26-15-12-24(13-16-26)10-11-25-14-17-27-28(20-25)40-33(39-27)30-9-8-18-42(30)34(44)46-36(2,3)4/h12-17,19-21,30-31H,8-9,18,22H2,1-7H3,(H,38,41)(H,39,40)/t30-,31?/m0/s1. The van der Waals surface area contributed by atoms with Gasteiger partial charge in [-0.1, -0.05) is 35.6 Å². The van der Waals surface area contributed by atoms with Gasteiger partial charge in [-0.2, -0.15) is 0 Å². The van der Waals surface area contributed by atoms with Crippen molar-refractivity contribution >= 4 is 23.2 Å². The van der Waals surface area contributed by atoms with Gasteiger partial charge in [-0.15, -0.1) is 0 Å². The van der Waals surface area contributed by atoms with Gasteiger partial charge in [-0.3, -0.25) is 9.80 Å². The van der Waals surface area contributed by atoms with Crippen LogP contribution in [0.2, 0.25) is 0 Å². The third-order valence-electron chi connectivity index (χ3n) is 7.95. The highest BCUT2D eigenvalue weighted by Crippen LogP contribution is 2.34. The van der Waals surface area contributed by atoms with Crippen molar-refractivity contribution in [2.24, 2.45) is 0 Å². The maximum atomic E-state index is 12.9. The molecule has 2 aromatic heterocycles. The Morgan fingerprint density at radius 1 is 0.872 bits per heavy atom. The summed E-state index contributed by atoms with van der Waals surface area (Å²) in [6.07, 6.45) is 4.90. The van der Waals surface area contributed by atoms with Crippen LogP contribution in [0.1, 0.15) is 96.2 Å². The molecule has 0 radical (unpaired) electrons. The first kappa shape index (κ1) is 31.9. The molecular weight excluding hydrogens is 592 g/mol. The second kappa shape index (κ2) is 12.3. The number of likely N-dealkylation sites (tertiary alicyclic amines) is 1. The zero-order valence-electron chi connectivity index (χ0n) is 28.1. The van der Waals surface area contributed by atoms with Crippen LogP contribution >= 0.6 is 0 Å². The third-order valence-corrected chi connectivity index (χ3v) is 7.95. The summed E-state index contributed by atoms with van der Waals surface area (Å²) in [6.45, 7) is 14.4. The van der Waals surface area contributed by atoms with E-state index >= 15 is 0 Å². The fraction of sp³-hybridized carbons (Fsp3) is 0.405. The van der Waals surface area contributed by atoms with Crippen LogP contribution in [-0.4, -0.2) is 66.2 Å². The maximum Gasteiger partial charge on any atom is 0.411 e. The molecule has 4 heterocycles. The number of carbonyl (C=O) groups excluding carboxylic acids is 2. The van der Waals surface area contributed by atoms with Crippen LogP contribution < -0.4 is 0 Å². The normalized spacial score (nSPS) is 18.2. The van der Waals surface area contributed by atoms with Crippen molar-refractivity contribution in [2.45, 2.75) is 84.6 Å². The van der Waals surface area contributed by atoms with Gasteiger partial charge in [0.1, 0.15) is 28.9 Å². The zero-order valence-corrected chi connectivity index (χ0v) is 28.1. The van der Waals surface area contributed by atoms with Gasteiger partial charge in [0.05, 0.1) is 29.0 Å². The van der Waals surface area contributed by atoms with Crippen LogP contribution in [-0.2, 0) is 9.47 Å². The van der Waals surface area contributed by atoms with E-state index in [1.165, 1.54) is 0 Å². The number of carbonyl (C=O) groups is 2. The largest absolute Gasteiger partial charge is 0.444 e. The van der Waals surface area contributed by atoms with E-state index in [0.717, 1.165) is 57.7 Å². The molecule has 10 heteroatoms. The molecule has 4 aromatic rings. The number of ether oxygens (including phenoxy) is 2. The number of benzene rings is 2. The van der Waals surface area contributed by atoms with Crippen LogP contribution in [0.3, 0.4) is 0 Å². The number of hydrogen-bond donors (Lipinski definition) is 2. The Bertz CT molecular complexity index is 1890. The summed E-state index contributed by atoms with van der Waals surface area (Å²) >= 11 is 0. The lowest BCUT2D eigenvalue weighted by atomic mass is 10.1. The monoisotopic (exact) mass is 634 g/mol. The molecule has 244 valence electrons. The van der Waals surface area contributed by atoms with Crippen LogP contribution in [0.15, 0.2) is 60.3 Å². The Labute approximate surface area is 275 Å². The molecule has 0 spiro atoms. The molecule has 0 bridgehead atoms. The summed E-state index contributed by atoms with van der Waals surface area (Å²) in [5.74, 6) is 7.97. The van der Waals surface area contributed by atoms with E-state index in [1.807, 2.05) is 97.0 Å². The van der Waals surface area contributed by atoms with Crippen molar-refractivity contribution in [1.82, 2.24) is 29.7 Å². The molecule has 2 N–H and O–H groups in total. The van der Waals surface area contributed by atoms with Crippen LogP contribution in [0.5, 0.6) is 0 Å².